The van der Waals surface area contributed by atoms with Crippen LogP contribution in [0.3, 0.4) is 0 Å². The first kappa shape index (κ1) is 16.6. The molecule has 3 fully saturated rings. The second-order valence-corrected chi connectivity index (χ2v) is 7.65. The quantitative estimate of drug-likeness (QED) is 0.840. The number of nitrogens with zero attached hydrogens (tertiary/aromatic N) is 5. The minimum Gasteiger partial charge on any atom is -0.356 e. The number of amides is 1. The largest absolute Gasteiger partial charge is 0.356 e. The number of hydrogen-bond acceptors (Lipinski definition) is 5. The van der Waals surface area contributed by atoms with Gasteiger partial charge in [0.15, 0.2) is 0 Å². The van der Waals surface area contributed by atoms with E-state index in [-0.39, 0.29) is 0 Å². The van der Waals surface area contributed by atoms with Crippen molar-refractivity contribution in [3.8, 4) is 0 Å². The normalized spacial score (nSPS) is 22.0. The van der Waals surface area contributed by atoms with Gasteiger partial charge in [0, 0.05) is 51.8 Å². The molecule has 25 heavy (non-hydrogen) atoms. The summed E-state index contributed by atoms with van der Waals surface area (Å²) < 4.78 is 0. The van der Waals surface area contributed by atoms with E-state index in [2.05, 4.69) is 30.7 Å². The first-order valence-corrected chi connectivity index (χ1v) is 9.89. The number of hydrogen-bond donors (Lipinski definition) is 0. The highest BCUT2D eigenvalue weighted by atomic mass is 16.2. The number of aromatic nitrogens is 2. The van der Waals surface area contributed by atoms with Crippen LogP contribution in [0.5, 0.6) is 0 Å². The molecule has 0 N–H and O–H groups in total. The minimum absolute atomic E-state index is 0.354. The minimum atomic E-state index is 0.354. The van der Waals surface area contributed by atoms with Crippen LogP contribution < -0.4 is 9.80 Å². The molecule has 2 aliphatic heterocycles. The summed E-state index contributed by atoms with van der Waals surface area (Å²) in [6, 6.07) is 2.11. The Bertz CT molecular complexity index is 587. The molecular formula is C19H29N5O. The van der Waals surface area contributed by atoms with E-state index in [9.17, 15) is 4.79 Å². The fraction of sp³-hybridized carbons (Fsp3) is 0.737. The van der Waals surface area contributed by atoms with Crippen molar-refractivity contribution in [1.29, 1.82) is 0 Å². The SMILES string of the molecule is O=C(CC1CCCC1)N1CCN(c2cc(N3CCCC3)ncn2)CC1. The summed E-state index contributed by atoms with van der Waals surface area (Å²) in [5.74, 6) is 3.03. The van der Waals surface area contributed by atoms with Crippen molar-refractivity contribution in [2.75, 3.05) is 49.1 Å². The van der Waals surface area contributed by atoms with Crippen molar-refractivity contribution < 1.29 is 4.79 Å². The maximum atomic E-state index is 12.5. The highest BCUT2D eigenvalue weighted by Gasteiger charge is 2.26. The van der Waals surface area contributed by atoms with E-state index in [1.807, 2.05) is 0 Å². The molecule has 6 heteroatoms. The van der Waals surface area contributed by atoms with Crippen LogP contribution in [-0.2, 0) is 4.79 Å². The maximum absolute atomic E-state index is 12.5. The van der Waals surface area contributed by atoms with Crippen molar-refractivity contribution in [1.82, 2.24) is 14.9 Å². The fourth-order valence-corrected chi connectivity index (χ4v) is 4.40. The van der Waals surface area contributed by atoms with Gasteiger partial charge < -0.3 is 14.7 Å². The summed E-state index contributed by atoms with van der Waals surface area (Å²) >= 11 is 0. The Kier molecular flexibility index (Phi) is 5.04. The van der Waals surface area contributed by atoms with Gasteiger partial charge in [0.05, 0.1) is 0 Å². The maximum Gasteiger partial charge on any atom is 0.222 e. The molecular weight excluding hydrogens is 314 g/mol. The van der Waals surface area contributed by atoms with Gasteiger partial charge in [-0.05, 0) is 31.6 Å². The van der Waals surface area contributed by atoms with E-state index in [1.165, 1.54) is 38.5 Å². The first-order chi connectivity index (χ1) is 12.3. The van der Waals surface area contributed by atoms with Crippen molar-refractivity contribution in [2.45, 2.75) is 44.9 Å². The van der Waals surface area contributed by atoms with Gasteiger partial charge in [0.2, 0.25) is 5.91 Å². The van der Waals surface area contributed by atoms with E-state index in [0.29, 0.717) is 11.8 Å². The summed E-state index contributed by atoms with van der Waals surface area (Å²) in [5.41, 5.74) is 0. The fourth-order valence-electron chi connectivity index (χ4n) is 4.40. The van der Waals surface area contributed by atoms with Crippen molar-refractivity contribution in [3.05, 3.63) is 12.4 Å². The monoisotopic (exact) mass is 343 g/mol. The third-order valence-electron chi connectivity index (χ3n) is 5.96. The van der Waals surface area contributed by atoms with Gasteiger partial charge >= 0.3 is 0 Å². The van der Waals surface area contributed by atoms with Gasteiger partial charge in [0.1, 0.15) is 18.0 Å². The number of anilines is 2. The smallest absolute Gasteiger partial charge is 0.222 e. The molecule has 0 radical (unpaired) electrons. The summed E-state index contributed by atoms with van der Waals surface area (Å²) in [6.07, 6.45) is 10.0. The molecule has 1 aliphatic carbocycles. The third-order valence-corrected chi connectivity index (χ3v) is 5.96. The van der Waals surface area contributed by atoms with Crippen LogP contribution in [0.25, 0.3) is 0 Å². The molecule has 1 aromatic heterocycles. The van der Waals surface area contributed by atoms with Gasteiger partial charge in [0.25, 0.3) is 0 Å². The lowest BCUT2D eigenvalue weighted by Gasteiger charge is -2.36. The lowest BCUT2D eigenvalue weighted by Crippen LogP contribution is -2.49. The van der Waals surface area contributed by atoms with Crippen molar-refractivity contribution >= 4 is 17.5 Å². The summed E-state index contributed by atoms with van der Waals surface area (Å²) in [5, 5.41) is 0. The van der Waals surface area contributed by atoms with Gasteiger partial charge in [-0.25, -0.2) is 9.97 Å². The molecule has 1 aromatic rings. The van der Waals surface area contributed by atoms with Crippen LogP contribution in [0, 0.1) is 5.92 Å². The average molecular weight is 343 g/mol. The Morgan fingerprint density at radius 3 is 2.12 bits per heavy atom. The molecule has 0 spiro atoms. The average Bonchev–Trinajstić information content (AvgIpc) is 3.36. The summed E-state index contributed by atoms with van der Waals surface area (Å²) in [4.78, 5) is 28.1. The lowest BCUT2D eigenvalue weighted by molar-refractivity contribution is -0.132. The number of carbonyl (C=O) groups is 1. The topological polar surface area (TPSA) is 52.6 Å². The van der Waals surface area contributed by atoms with E-state index < -0.39 is 0 Å². The van der Waals surface area contributed by atoms with E-state index in [0.717, 1.165) is 57.3 Å². The van der Waals surface area contributed by atoms with Crippen molar-refractivity contribution in [3.63, 3.8) is 0 Å². The van der Waals surface area contributed by atoms with Crippen LogP contribution in [0.15, 0.2) is 12.4 Å². The molecule has 0 aromatic carbocycles. The lowest BCUT2D eigenvalue weighted by atomic mass is 10.0. The Morgan fingerprint density at radius 2 is 1.48 bits per heavy atom. The highest BCUT2D eigenvalue weighted by molar-refractivity contribution is 5.76. The Labute approximate surface area is 150 Å². The molecule has 4 rings (SSSR count). The highest BCUT2D eigenvalue weighted by Crippen LogP contribution is 2.28. The van der Waals surface area contributed by atoms with Gasteiger partial charge in [-0.3, -0.25) is 4.79 Å². The second kappa shape index (κ2) is 7.58. The van der Waals surface area contributed by atoms with E-state index in [4.69, 9.17) is 0 Å². The van der Waals surface area contributed by atoms with Crippen LogP contribution in [0.1, 0.15) is 44.9 Å². The standard InChI is InChI=1S/C19H29N5O/c25-19(13-16-5-1-2-6-16)24-11-9-23(10-12-24)18-14-17(20-15-21-18)22-7-3-4-8-22/h14-16H,1-13H2. The molecule has 0 atom stereocenters. The van der Waals surface area contributed by atoms with Crippen LogP contribution >= 0.6 is 0 Å². The molecule has 0 unspecified atom stereocenters. The third kappa shape index (κ3) is 3.88. The first-order valence-electron chi connectivity index (χ1n) is 9.89. The molecule has 6 nitrogen and oxygen atoms in total. The molecule has 3 heterocycles. The Hall–Kier alpha value is -1.85. The van der Waals surface area contributed by atoms with Crippen LogP contribution in [0.2, 0.25) is 0 Å². The zero-order chi connectivity index (χ0) is 17.1. The Morgan fingerprint density at radius 1 is 0.880 bits per heavy atom. The molecule has 1 saturated carbocycles. The predicted molar refractivity (Wildman–Crippen MR) is 98.8 cm³/mol. The predicted octanol–water partition coefficient (Wildman–Crippen LogP) is 2.31. The second-order valence-electron chi connectivity index (χ2n) is 7.65. The number of piperazine rings is 1. The molecule has 2 saturated heterocycles. The van der Waals surface area contributed by atoms with Gasteiger partial charge in [-0.15, -0.1) is 0 Å². The van der Waals surface area contributed by atoms with Crippen molar-refractivity contribution in [2.24, 2.45) is 5.92 Å². The zero-order valence-corrected chi connectivity index (χ0v) is 15.1. The van der Waals surface area contributed by atoms with Gasteiger partial charge in [-0.1, -0.05) is 12.8 Å². The molecule has 1 amide bonds. The van der Waals surface area contributed by atoms with E-state index in [1.54, 1.807) is 6.33 Å². The van der Waals surface area contributed by atoms with E-state index >= 15 is 0 Å². The molecule has 3 aliphatic rings. The summed E-state index contributed by atoms with van der Waals surface area (Å²) in [6.45, 7) is 5.56. The number of rotatable bonds is 4. The number of carbonyl (C=O) groups excluding carboxylic acids is 1. The Balaban J connectivity index is 1.32. The molecule has 0 bridgehead atoms. The van der Waals surface area contributed by atoms with Crippen LogP contribution in [-0.4, -0.2) is 60.0 Å². The zero-order valence-electron chi connectivity index (χ0n) is 15.1. The molecule has 136 valence electrons. The van der Waals surface area contributed by atoms with Crippen LogP contribution in [0.4, 0.5) is 11.6 Å². The summed E-state index contributed by atoms with van der Waals surface area (Å²) in [7, 11) is 0. The van der Waals surface area contributed by atoms with Gasteiger partial charge in [-0.2, -0.15) is 0 Å².